The van der Waals surface area contributed by atoms with Crippen LogP contribution in [0.5, 0.6) is 0 Å². The van der Waals surface area contributed by atoms with Crippen LogP contribution >= 0.6 is 31.7 Å². The zero-order valence-electron chi connectivity index (χ0n) is 20.1. The second-order valence-corrected chi connectivity index (χ2v) is 11.3. The number of aliphatic hydroxyl groups is 1. The van der Waals surface area contributed by atoms with Gasteiger partial charge < -0.3 is 38.3 Å². The van der Waals surface area contributed by atoms with Gasteiger partial charge in [-0.25, -0.2) is 4.57 Å². The van der Waals surface area contributed by atoms with Crippen LogP contribution in [0.15, 0.2) is 0 Å². The van der Waals surface area contributed by atoms with Crippen LogP contribution in [-0.4, -0.2) is 136 Å². The van der Waals surface area contributed by atoms with Gasteiger partial charge in [0.2, 0.25) is 0 Å². The molecular weight excluding hydrogens is 509 g/mol. The van der Waals surface area contributed by atoms with Gasteiger partial charge in [0, 0.05) is 20.0 Å². The number of ether oxygens (including phenoxy) is 7. The van der Waals surface area contributed by atoms with Gasteiger partial charge >= 0.3 is 6.80 Å². The van der Waals surface area contributed by atoms with E-state index in [0.29, 0.717) is 32.2 Å². The van der Waals surface area contributed by atoms with E-state index in [0.717, 1.165) is 0 Å². The van der Waals surface area contributed by atoms with Crippen molar-refractivity contribution in [3.05, 3.63) is 0 Å². The first-order valence-corrected chi connectivity index (χ1v) is 14.6. The first kappa shape index (κ1) is 30.9. The van der Waals surface area contributed by atoms with Crippen molar-refractivity contribution in [3.8, 4) is 0 Å². The summed E-state index contributed by atoms with van der Waals surface area (Å²) in [5.74, 6) is 0.518. The third-order valence-electron chi connectivity index (χ3n) is 5.52. The first-order chi connectivity index (χ1) is 16.3. The summed E-state index contributed by atoms with van der Waals surface area (Å²) in [5, 5.41) is 9.70. The molecule has 2 fully saturated rings. The molecule has 0 bridgehead atoms. The Hall–Kier alpha value is 0.660. The molecule has 0 amide bonds. The normalized spacial score (nSPS) is 35.6. The molecule has 34 heavy (non-hydrogen) atoms. The molecule has 5 unspecified atom stereocenters. The van der Waals surface area contributed by atoms with Gasteiger partial charge in [-0.05, 0) is 0 Å². The molecule has 16 heteroatoms. The molecule has 0 aromatic carbocycles. The maximum atomic E-state index is 13.1. The van der Waals surface area contributed by atoms with Crippen LogP contribution in [0.4, 0.5) is 0 Å². The quantitative estimate of drug-likeness (QED) is 0.0858. The minimum absolute atomic E-state index is 0.103. The van der Waals surface area contributed by atoms with Crippen molar-refractivity contribution in [1.29, 1.82) is 0 Å². The molecular formula is C18H37B2O11PS2. The molecule has 2 heterocycles. The molecule has 9 atom stereocenters. The summed E-state index contributed by atoms with van der Waals surface area (Å²) in [7, 11) is 6.81. The summed E-state index contributed by atoms with van der Waals surface area (Å²) < 4.78 is 63.7. The minimum Gasteiger partial charge on any atom is -0.394 e. The maximum Gasteiger partial charge on any atom is 0.386 e. The Bertz CT molecular complexity index is 628. The van der Waals surface area contributed by atoms with E-state index in [9.17, 15) is 9.67 Å². The topological polar surface area (TPSA) is 120 Å². The molecule has 1 N–H and O–H groups in total. The number of thiol groups is 2. The van der Waals surface area contributed by atoms with Gasteiger partial charge in [-0.2, -0.15) is 12.6 Å². The molecule has 2 aliphatic heterocycles. The second-order valence-electron chi connectivity index (χ2n) is 7.99. The van der Waals surface area contributed by atoms with Gasteiger partial charge in [-0.1, -0.05) is 12.2 Å². The van der Waals surface area contributed by atoms with Crippen molar-refractivity contribution in [1.82, 2.24) is 0 Å². The summed E-state index contributed by atoms with van der Waals surface area (Å²) in [6.07, 6.45) is -3.54. The highest BCUT2D eigenvalue weighted by Gasteiger charge is 2.48. The molecule has 198 valence electrons. The van der Waals surface area contributed by atoms with Crippen LogP contribution in [0.25, 0.3) is 0 Å². The Morgan fingerprint density at radius 3 is 1.91 bits per heavy atom. The molecule has 2 rings (SSSR count). The number of methoxy groups -OCH3 is 2. The lowest BCUT2D eigenvalue weighted by Gasteiger charge is -2.27. The Morgan fingerprint density at radius 2 is 1.38 bits per heavy atom. The molecule has 0 aromatic heterocycles. The van der Waals surface area contributed by atoms with Gasteiger partial charge in [0.1, 0.15) is 52.3 Å². The third kappa shape index (κ3) is 9.20. The largest absolute Gasteiger partial charge is 0.394 e. The SMILES string of the molecule is B[C@@H]1O[C@H](COP(=O)(S)OC2C(OCCOC)[C@H](B)O[C@@H]2CO)C(OCCS)C1OCCOC. The van der Waals surface area contributed by atoms with Crippen LogP contribution < -0.4 is 0 Å². The highest BCUT2D eigenvalue weighted by atomic mass is 32.7. The zero-order chi connectivity index (χ0) is 25.1. The third-order valence-corrected chi connectivity index (χ3v) is 7.32. The van der Waals surface area contributed by atoms with Gasteiger partial charge in [0.25, 0.3) is 0 Å². The minimum atomic E-state index is -3.88. The number of rotatable bonds is 17. The molecule has 2 aliphatic rings. The molecule has 0 saturated carbocycles. The smallest absolute Gasteiger partial charge is 0.386 e. The van der Waals surface area contributed by atoms with E-state index >= 15 is 0 Å². The summed E-state index contributed by atoms with van der Waals surface area (Å²) >= 11 is 8.35. The summed E-state index contributed by atoms with van der Waals surface area (Å²) in [6, 6.07) is -0.674. The fraction of sp³-hybridized carbons (Fsp3) is 1.00. The summed E-state index contributed by atoms with van der Waals surface area (Å²) in [4.78, 5) is 0. The fourth-order valence-corrected chi connectivity index (χ4v) is 5.56. The van der Waals surface area contributed by atoms with Crippen LogP contribution in [-0.2, 0) is 46.8 Å². The predicted molar refractivity (Wildman–Crippen MR) is 136 cm³/mol. The van der Waals surface area contributed by atoms with Crippen molar-refractivity contribution >= 4 is 47.4 Å². The standard InChI is InChI=1S/C18H37B2O11PS2/c1-23-3-5-25-15-13(27-7-8-33)12(30-17(15)19)10-28-32(22,34)31-14-11(9-21)29-18(20)16(14)26-6-4-24-2/h11-18,21,33H,3-10,19-20H2,1-2H3,(H,22,34)/t11-,12-,13?,14?,15?,16?,17-,18-,32?/m1/s1. The Kier molecular flexibility index (Phi) is 14.4. The van der Waals surface area contributed by atoms with Crippen molar-refractivity contribution < 1.29 is 51.9 Å². The monoisotopic (exact) mass is 546 g/mol. The molecule has 11 nitrogen and oxygen atoms in total. The molecule has 0 radical (unpaired) electrons. The second kappa shape index (κ2) is 15.8. The Labute approximate surface area is 214 Å². The van der Waals surface area contributed by atoms with Crippen LogP contribution in [0.2, 0.25) is 0 Å². The number of hydrogen-bond donors (Lipinski definition) is 3. The van der Waals surface area contributed by atoms with E-state index < -0.39 is 43.3 Å². The Balaban J connectivity index is 2.00. The van der Waals surface area contributed by atoms with E-state index in [1.54, 1.807) is 22.1 Å². The van der Waals surface area contributed by atoms with Gasteiger partial charge in [-0.3, -0.25) is 9.05 Å². The highest BCUT2D eigenvalue weighted by molar-refractivity contribution is 8.44. The molecule has 0 aliphatic carbocycles. The van der Waals surface area contributed by atoms with Crippen molar-refractivity contribution in [2.75, 3.05) is 66.2 Å². The lowest BCUT2D eigenvalue weighted by atomic mass is 9.93. The van der Waals surface area contributed by atoms with Gasteiger partial charge in [-0.15, -0.1) is 0 Å². The van der Waals surface area contributed by atoms with Crippen molar-refractivity contribution in [2.45, 2.75) is 48.6 Å². The van der Waals surface area contributed by atoms with Crippen LogP contribution in [0.3, 0.4) is 0 Å². The first-order valence-electron chi connectivity index (χ1n) is 11.3. The van der Waals surface area contributed by atoms with E-state index in [-0.39, 0.29) is 31.9 Å². The fourth-order valence-electron chi connectivity index (χ4n) is 3.97. The molecule has 2 saturated heterocycles. The summed E-state index contributed by atoms with van der Waals surface area (Å²) in [5.41, 5.74) is 0. The highest BCUT2D eigenvalue weighted by Crippen LogP contribution is 2.56. The zero-order valence-corrected chi connectivity index (χ0v) is 22.8. The molecule has 0 spiro atoms. The van der Waals surface area contributed by atoms with E-state index in [2.05, 4.69) is 24.9 Å². The average molecular weight is 546 g/mol. The number of hydrogen-bond acceptors (Lipinski definition) is 12. The molecule has 0 aromatic rings. The Morgan fingerprint density at radius 1 is 0.853 bits per heavy atom. The average Bonchev–Trinajstić information content (AvgIpc) is 3.26. The number of aliphatic hydroxyl groups excluding tert-OH is 1. The van der Waals surface area contributed by atoms with Crippen LogP contribution in [0.1, 0.15) is 0 Å². The lowest BCUT2D eigenvalue weighted by molar-refractivity contribution is -0.0731. The van der Waals surface area contributed by atoms with Gasteiger partial charge in [0.15, 0.2) is 0 Å². The summed E-state index contributed by atoms with van der Waals surface area (Å²) in [6.45, 7) is -2.47. The van der Waals surface area contributed by atoms with Gasteiger partial charge in [0.05, 0.1) is 58.3 Å². The lowest BCUT2D eigenvalue weighted by Crippen LogP contribution is -2.40. The van der Waals surface area contributed by atoms with Crippen LogP contribution in [0, 0.1) is 0 Å². The van der Waals surface area contributed by atoms with Crippen molar-refractivity contribution in [3.63, 3.8) is 0 Å². The van der Waals surface area contributed by atoms with E-state index in [1.807, 2.05) is 7.85 Å². The van der Waals surface area contributed by atoms with Crippen molar-refractivity contribution in [2.24, 2.45) is 0 Å². The maximum absolute atomic E-state index is 13.1. The van der Waals surface area contributed by atoms with E-state index in [4.69, 9.17) is 42.2 Å². The predicted octanol–water partition coefficient (Wildman–Crippen LogP) is -1.49. The van der Waals surface area contributed by atoms with E-state index in [1.165, 1.54) is 0 Å².